The van der Waals surface area contributed by atoms with E-state index in [1.165, 1.54) is 5.56 Å². The Kier molecular flexibility index (Phi) is 2.97. The van der Waals surface area contributed by atoms with Crippen molar-refractivity contribution in [3.05, 3.63) is 29.8 Å². The minimum absolute atomic E-state index is 0.0966. The lowest BCUT2D eigenvalue weighted by Crippen LogP contribution is -2.10. The lowest BCUT2D eigenvalue weighted by atomic mass is 9.87. The van der Waals surface area contributed by atoms with Crippen molar-refractivity contribution in [2.75, 3.05) is 5.73 Å². The predicted molar refractivity (Wildman–Crippen MR) is 76.1 cm³/mol. The van der Waals surface area contributed by atoms with Gasteiger partial charge in [0.2, 0.25) is 5.82 Å². The van der Waals surface area contributed by atoms with Crippen molar-refractivity contribution in [3.8, 4) is 23.0 Å². The van der Waals surface area contributed by atoms with E-state index in [9.17, 15) is 0 Å². The highest BCUT2D eigenvalue weighted by atomic mass is 16.6. The number of aromatic nitrogens is 4. The van der Waals surface area contributed by atoms with E-state index < -0.39 is 0 Å². The first-order chi connectivity index (χ1) is 9.95. The number of anilines is 1. The van der Waals surface area contributed by atoms with Gasteiger partial charge in [0.25, 0.3) is 5.89 Å². The average molecular weight is 285 g/mol. The lowest BCUT2D eigenvalue weighted by Gasteiger charge is -2.18. The molecule has 0 aliphatic rings. The zero-order valence-corrected chi connectivity index (χ0v) is 12.0. The number of hydrogen-bond donors (Lipinski definition) is 1. The fraction of sp³-hybridized carbons (Fsp3) is 0.286. The van der Waals surface area contributed by atoms with Crippen LogP contribution in [0.4, 0.5) is 5.82 Å². The molecule has 21 heavy (non-hydrogen) atoms. The molecule has 0 aliphatic carbocycles. The first kappa shape index (κ1) is 13.3. The zero-order chi connectivity index (χ0) is 15.0. The number of rotatable bonds is 2. The van der Waals surface area contributed by atoms with Crippen LogP contribution in [0.5, 0.6) is 0 Å². The average Bonchev–Trinajstić information content (AvgIpc) is 3.06. The summed E-state index contributed by atoms with van der Waals surface area (Å²) in [5.41, 5.74) is 8.03. The van der Waals surface area contributed by atoms with Crippen LogP contribution in [0.15, 0.2) is 33.4 Å². The molecule has 0 atom stereocenters. The van der Waals surface area contributed by atoms with E-state index in [-0.39, 0.29) is 22.8 Å². The van der Waals surface area contributed by atoms with E-state index in [2.05, 4.69) is 45.9 Å². The normalized spacial score (nSPS) is 11.8. The van der Waals surface area contributed by atoms with E-state index in [0.29, 0.717) is 5.89 Å². The molecule has 1 aromatic carbocycles. The molecule has 3 rings (SSSR count). The van der Waals surface area contributed by atoms with Gasteiger partial charge in [0.1, 0.15) is 0 Å². The van der Waals surface area contributed by atoms with Gasteiger partial charge in [-0.25, -0.2) is 4.63 Å². The third-order valence-corrected chi connectivity index (χ3v) is 3.15. The molecule has 0 aliphatic heterocycles. The van der Waals surface area contributed by atoms with Crippen molar-refractivity contribution < 1.29 is 9.15 Å². The third-order valence-electron chi connectivity index (χ3n) is 3.15. The van der Waals surface area contributed by atoms with Gasteiger partial charge in [-0.2, -0.15) is 4.98 Å². The molecule has 0 fully saturated rings. The first-order valence-corrected chi connectivity index (χ1v) is 6.48. The molecular formula is C14H15N5O2. The van der Waals surface area contributed by atoms with Gasteiger partial charge in [0, 0.05) is 5.56 Å². The molecule has 7 nitrogen and oxygen atoms in total. The Balaban J connectivity index is 1.92. The molecule has 108 valence electrons. The number of nitrogens with zero attached hydrogens (tertiary/aromatic N) is 4. The van der Waals surface area contributed by atoms with Crippen LogP contribution in [0.2, 0.25) is 0 Å². The number of nitrogens with two attached hydrogens (primary N) is 1. The molecule has 0 saturated carbocycles. The van der Waals surface area contributed by atoms with Gasteiger partial charge in [-0.1, -0.05) is 38.1 Å². The maximum absolute atomic E-state index is 5.60. The van der Waals surface area contributed by atoms with E-state index in [1.54, 1.807) is 0 Å². The summed E-state index contributed by atoms with van der Waals surface area (Å²) in [5, 5.41) is 11.0. The number of benzene rings is 1. The standard InChI is InChI=1S/C14H15N5O2/c1-14(2,3)9-6-4-8(5-7-9)13-16-12(19-20-13)10-11(15)18-21-17-10/h4-7H,1-3H3,(H2,15,18). The first-order valence-electron chi connectivity index (χ1n) is 6.48. The highest BCUT2D eigenvalue weighted by Gasteiger charge is 2.18. The molecule has 0 unspecified atom stereocenters. The summed E-state index contributed by atoms with van der Waals surface area (Å²) in [5.74, 6) is 0.780. The Morgan fingerprint density at radius 1 is 1.00 bits per heavy atom. The van der Waals surface area contributed by atoms with Gasteiger partial charge >= 0.3 is 0 Å². The minimum Gasteiger partial charge on any atom is -0.379 e. The van der Waals surface area contributed by atoms with E-state index in [4.69, 9.17) is 10.3 Å². The quantitative estimate of drug-likeness (QED) is 0.771. The van der Waals surface area contributed by atoms with Crippen LogP contribution < -0.4 is 5.73 Å². The summed E-state index contributed by atoms with van der Waals surface area (Å²) < 4.78 is 9.75. The SMILES string of the molecule is CC(C)(C)c1ccc(-c2nc(-c3nonc3N)no2)cc1. The zero-order valence-electron chi connectivity index (χ0n) is 12.0. The molecular weight excluding hydrogens is 270 g/mol. The molecule has 0 bridgehead atoms. The van der Waals surface area contributed by atoms with Gasteiger partial charge in [-0.3, -0.25) is 0 Å². The molecule has 2 aromatic heterocycles. The second kappa shape index (κ2) is 4.69. The summed E-state index contributed by atoms with van der Waals surface area (Å²) in [6.07, 6.45) is 0. The topological polar surface area (TPSA) is 104 Å². The second-order valence-electron chi connectivity index (χ2n) is 5.75. The largest absolute Gasteiger partial charge is 0.379 e. The van der Waals surface area contributed by atoms with Crippen LogP contribution in [-0.2, 0) is 5.41 Å². The highest BCUT2D eigenvalue weighted by Crippen LogP contribution is 2.27. The van der Waals surface area contributed by atoms with Crippen LogP contribution in [0, 0.1) is 0 Å². The van der Waals surface area contributed by atoms with Crippen molar-refractivity contribution in [2.45, 2.75) is 26.2 Å². The maximum atomic E-state index is 5.60. The summed E-state index contributed by atoms with van der Waals surface area (Å²) in [6, 6.07) is 7.99. The molecule has 0 radical (unpaired) electrons. The molecule has 2 heterocycles. The lowest BCUT2D eigenvalue weighted by molar-refractivity contribution is 0.310. The smallest absolute Gasteiger partial charge is 0.258 e. The third kappa shape index (κ3) is 2.49. The minimum atomic E-state index is 0.0966. The van der Waals surface area contributed by atoms with Crippen LogP contribution >= 0.6 is 0 Å². The second-order valence-corrected chi connectivity index (χ2v) is 5.75. The summed E-state index contributed by atoms with van der Waals surface area (Å²) in [7, 11) is 0. The number of nitrogen functional groups attached to an aromatic ring is 1. The van der Waals surface area contributed by atoms with Crippen LogP contribution in [0.1, 0.15) is 26.3 Å². The fourth-order valence-electron chi connectivity index (χ4n) is 1.90. The van der Waals surface area contributed by atoms with Crippen LogP contribution in [0.3, 0.4) is 0 Å². The van der Waals surface area contributed by atoms with Gasteiger partial charge in [-0.05, 0) is 33.4 Å². The van der Waals surface area contributed by atoms with Crippen molar-refractivity contribution in [1.82, 2.24) is 20.5 Å². The van der Waals surface area contributed by atoms with Gasteiger partial charge in [-0.15, -0.1) is 0 Å². The Morgan fingerprint density at radius 3 is 2.29 bits per heavy atom. The molecule has 3 aromatic rings. The molecule has 7 heteroatoms. The molecule has 0 spiro atoms. The maximum Gasteiger partial charge on any atom is 0.258 e. The van der Waals surface area contributed by atoms with Gasteiger partial charge < -0.3 is 10.3 Å². The molecule has 0 amide bonds. The summed E-state index contributed by atoms with van der Waals surface area (Å²) >= 11 is 0. The van der Waals surface area contributed by atoms with Crippen molar-refractivity contribution in [2.24, 2.45) is 0 Å². The highest BCUT2D eigenvalue weighted by molar-refractivity contribution is 5.64. The predicted octanol–water partition coefficient (Wildman–Crippen LogP) is 2.67. The Labute approximate surface area is 121 Å². The Morgan fingerprint density at radius 2 is 1.71 bits per heavy atom. The van der Waals surface area contributed by atoms with Gasteiger partial charge in [0.15, 0.2) is 11.5 Å². The fourth-order valence-corrected chi connectivity index (χ4v) is 1.90. The monoisotopic (exact) mass is 285 g/mol. The van der Waals surface area contributed by atoms with E-state index in [0.717, 1.165) is 5.56 Å². The number of hydrogen-bond acceptors (Lipinski definition) is 7. The van der Waals surface area contributed by atoms with Crippen LogP contribution in [0.25, 0.3) is 23.0 Å². The van der Waals surface area contributed by atoms with E-state index in [1.807, 2.05) is 24.3 Å². The van der Waals surface area contributed by atoms with E-state index >= 15 is 0 Å². The van der Waals surface area contributed by atoms with Crippen molar-refractivity contribution in [1.29, 1.82) is 0 Å². The molecule has 2 N–H and O–H groups in total. The van der Waals surface area contributed by atoms with Crippen molar-refractivity contribution >= 4 is 5.82 Å². The van der Waals surface area contributed by atoms with Gasteiger partial charge in [0.05, 0.1) is 0 Å². The Bertz CT molecular complexity index is 752. The van der Waals surface area contributed by atoms with Crippen LogP contribution in [-0.4, -0.2) is 20.5 Å². The summed E-state index contributed by atoms with van der Waals surface area (Å²) in [4.78, 5) is 4.26. The Hall–Kier alpha value is -2.70. The summed E-state index contributed by atoms with van der Waals surface area (Å²) in [6.45, 7) is 6.48. The van der Waals surface area contributed by atoms with Crippen molar-refractivity contribution in [3.63, 3.8) is 0 Å². The molecule has 0 saturated heterocycles.